The third kappa shape index (κ3) is 3.53. The van der Waals surface area contributed by atoms with Crippen LogP contribution in [0.15, 0.2) is 24.5 Å². The molecule has 0 atom stereocenters. The number of hydrogen-bond acceptors (Lipinski definition) is 3. The number of aryl methyl sites for hydroxylation is 1. The van der Waals surface area contributed by atoms with Crippen LogP contribution in [0, 0.1) is 0 Å². The number of rotatable bonds is 3. The number of aromatic nitrogens is 4. The first-order valence-electron chi connectivity index (χ1n) is 5.83. The Morgan fingerprint density at radius 1 is 1.29 bits per heavy atom. The van der Waals surface area contributed by atoms with E-state index in [1.165, 1.54) is 0 Å². The highest BCUT2D eigenvalue weighted by atomic mass is 35.5. The topological polar surface area (TPSA) is 43.6 Å². The van der Waals surface area contributed by atoms with E-state index in [0.717, 1.165) is 29.1 Å². The summed E-state index contributed by atoms with van der Waals surface area (Å²) in [6.07, 6.45) is 3.62. The third-order valence-corrected chi connectivity index (χ3v) is 2.39. The van der Waals surface area contributed by atoms with E-state index >= 15 is 0 Å². The highest BCUT2D eigenvalue weighted by Crippen LogP contribution is 2.20. The van der Waals surface area contributed by atoms with Gasteiger partial charge in [0.15, 0.2) is 0 Å². The maximum atomic E-state index is 5.95. The largest absolute Gasteiger partial charge is 0.200 e. The van der Waals surface area contributed by atoms with Gasteiger partial charge in [0.2, 0.25) is 0 Å². The van der Waals surface area contributed by atoms with E-state index in [1.54, 1.807) is 11.0 Å². The SMILES string of the molecule is CC.CCCc1cc(Cl)ccc1-n1cnnn1. The van der Waals surface area contributed by atoms with Gasteiger partial charge in [-0.05, 0) is 40.6 Å². The third-order valence-electron chi connectivity index (χ3n) is 2.16. The zero-order valence-corrected chi connectivity index (χ0v) is 11.1. The fourth-order valence-electron chi connectivity index (χ4n) is 1.52. The van der Waals surface area contributed by atoms with Crippen molar-refractivity contribution in [3.05, 3.63) is 35.1 Å². The van der Waals surface area contributed by atoms with Gasteiger partial charge in [-0.25, -0.2) is 4.68 Å². The second kappa shape index (κ2) is 7.01. The minimum atomic E-state index is 0.746. The Morgan fingerprint density at radius 2 is 2.06 bits per heavy atom. The molecule has 0 aliphatic rings. The number of benzene rings is 1. The molecule has 0 aliphatic heterocycles. The van der Waals surface area contributed by atoms with Crippen molar-refractivity contribution in [3.8, 4) is 5.69 Å². The molecular formula is C12H17ClN4. The summed E-state index contributed by atoms with van der Waals surface area (Å²) in [4.78, 5) is 0. The van der Waals surface area contributed by atoms with Gasteiger partial charge in [-0.1, -0.05) is 38.8 Å². The predicted octanol–water partition coefficient (Wildman–Crippen LogP) is 3.29. The summed E-state index contributed by atoms with van der Waals surface area (Å²) >= 11 is 5.95. The molecule has 1 aromatic carbocycles. The zero-order valence-electron chi connectivity index (χ0n) is 10.4. The van der Waals surface area contributed by atoms with E-state index in [-0.39, 0.29) is 0 Å². The Hall–Kier alpha value is -1.42. The monoisotopic (exact) mass is 252 g/mol. The first-order valence-corrected chi connectivity index (χ1v) is 6.21. The molecule has 0 bridgehead atoms. The molecule has 5 heteroatoms. The lowest BCUT2D eigenvalue weighted by Gasteiger charge is -2.07. The minimum Gasteiger partial charge on any atom is -0.200 e. The lowest BCUT2D eigenvalue weighted by atomic mass is 10.1. The van der Waals surface area contributed by atoms with Crippen LogP contribution >= 0.6 is 11.6 Å². The van der Waals surface area contributed by atoms with E-state index in [4.69, 9.17) is 11.6 Å². The predicted molar refractivity (Wildman–Crippen MR) is 69.5 cm³/mol. The lowest BCUT2D eigenvalue weighted by Crippen LogP contribution is -2.00. The summed E-state index contributed by atoms with van der Waals surface area (Å²) in [5.41, 5.74) is 2.16. The molecule has 17 heavy (non-hydrogen) atoms. The molecule has 1 heterocycles. The van der Waals surface area contributed by atoms with Gasteiger partial charge in [-0.3, -0.25) is 0 Å². The maximum absolute atomic E-state index is 5.95. The molecule has 0 spiro atoms. The fourth-order valence-corrected chi connectivity index (χ4v) is 1.71. The zero-order chi connectivity index (χ0) is 12.7. The highest BCUT2D eigenvalue weighted by Gasteiger charge is 2.05. The molecule has 0 unspecified atom stereocenters. The Balaban J connectivity index is 0.000000686. The van der Waals surface area contributed by atoms with Crippen molar-refractivity contribution < 1.29 is 0 Å². The molecule has 0 fully saturated rings. The van der Waals surface area contributed by atoms with Crippen LogP contribution in [-0.2, 0) is 6.42 Å². The van der Waals surface area contributed by atoms with Crippen LogP contribution in [0.3, 0.4) is 0 Å². The molecule has 1 aromatic heterocycles. The van der Waals surface area contributed by atoms with Gasteiger partial charge < -0.3 is 0 Å². The van der Waals surface area contributed by atoms with E-state index in [2.05, 4.69) is 22.4 Å². The number of nitrogens with zero attached hydrogens (tertiary/aromatic N) is 4. The minimum absolute atomic E-state index is 0.746. The van der Waals surface area contributed by atoms with Gasteiger partial charge in [-0.2, -0.15) is 0 Å². The molecule has 0 saturated heterocycles. The second-order valence-corrected chi connectivity index (χ2v) is 3.71. The van der Waals surface area contributed by atoms with Gasteiger partial charge in [-0.15, -0.1) is 5.10 Å². The molecule has 0 amide bonds. The number of hydrogen-bond donors (Lipinski definition) is 0. The quantitative estimate of drug-likeness (QED) is 0.842. The van der Waals surface area contributed by atoms with Crippen molar-refractivity contribution >= 4 is 11.6 Å². The van der Waals surface area contributed by atoms with Gasteiger partial charge in [0, 0.05) is 5.02 Å². The molecule has 0 radical (unpaired) electrons. The van der Waals surface area contributed by atoms with Crippen LogP contribution in [0.4, 0.5) is 0 Å². The highest BCUT2D eigenvalue weighted by molar-refractivity contribution is 6.30. The fraction of sp³-hybridized carbons (Fsp3) is 0.417. The molecule has 0 N–H and O–H groups in total. The van der Waals surface area contributed by atoms with Crippen molar-refractivity contribution in [2.75, 3.05) is 0 Å². The van der Waals surface area contributed by atoms with Gasteiger partial charge in [0.25, 0.3) is 0 Å². The Bertz CT molecular complexity index is 440. The molecule has 2 rings (SSSR count). The second-order valence-electron chi connectivity index (χ2n) is 3.28. The van der Waals surface area contributed by atoms with Crippen molar-refractivity contribution in [2.24, 2.45) is 0 Å². The number of halogens is 1. The van der Waals surface area contributed by atoms with Gasteiger partial charge >= 0.3 is 0 Å². The van der Waals surface area contributed by atoms with Crippen LogP contribution < -0.4 is 0 Å². The molecular weight excluding hydrogens is 236 g/mol. The summed E-state index contributed by atoms with van der Waals surface area (Å²) in [5.74, 6) is 0. The van der Waals surface area contributed by atoms with Crippen LogP contribution in [0.1, 0.15) is 32.8 Å². The summed E-state index contributed by atoms with van der Waals surface area (Å²) in [6.45, 7) is 6.13. The molecule has 4 nitrogen and oxygen atoms in total. The van der Waals surface area contributed by atoms with E-state index in [9.17, 15) is 0 Å². The number of tetrazole rings is 1. The van der Waals surface area contributed by atoms with Crippen molar-refractivity contribution in [3.63, 3.8) is 0 Å². The maximum Gasteiger partial charge on any atom is 0.143 e. The normalized spacial score (nSPS) is 9.65. The van der Waals surface area contributed by atoms with Crippen LogP contribution in [0.25, 0.3) is 5.69 Å². The van der Waals surface area contributed by atoms with E-state index in [1.807, 2.05) is 32.0 Å². The molecule has 0 saturated carbocycles. The first-order chi connectivity index (χ1) is 8.31. The summed E-state index contributed by atoms with van der Waals surface area (Å²) in [7, 11) is 0. The van der Waals surface area contributed by atoms with Crippen molar-refractivity contribution in [1.29, 1.82) is 0 Å². The summed E-state index contributed by atoms with van der Waals surface area (Å²) < 4.78 is 1.65. The van der Waals surface area contributed by atoms with Crippen LogP contribution in [0.5, 0.6) is 0 Å². The van der Waals surface area contributed by atoms with Crippen LogP contribution in [0.2, 0.25) is 5.02 Å². The van der Waals surface area contributed by atoms with Gasteiger partial charge in [0.1, 0.15) is 6.33 Å². The lowest BCUT2D eigenvalue weighted by molar-refractivity contribution is 0.775. The van der Waals surface area contributed by atoms with Crippen LogP contribution in [-0.4, -0.2) is 20.2 Å². The standard InChI is InChI=1S/C10H11ClN4.C2H6/c1-2-3-8-6-9(11)4-5-10(8)15-7-12-13-14-15;1-2/h4-7H,2-3H2,1H3;1-2H3. The average Bonchev–Trinajstić information content (AvgIpc) is 2.86. The Kier molecular flexibility index (Phi) is 5.63. The first kappa shape index (κ1) is 13.6. The molecule has 0 aliphatic carbocycles. The average molecular weight is 253 g/mol. The smallest absolute Gasteiger partial charge is 0.143 e. The Labute approximate surface area is 107 Å². The van der Waals surface area contributed by atoms with Gasteiger partial charge in [0.05, 0.1) is 5.69 Å². The summed E-state index contributed by atoms with van der Waals surface area (Å²) in [6, 6.07) is 5.74. The van der Waals surface area contributed by atoms with Crippen molar-refractivity contribution in [1.82, 2.24) is 20.2 Å². The van der Waals surface area contributed by atoms with E-state index in [0.29, 0.717) is 0 Å². The molecule has 92 valence electrons. The Morgan fingerprint density at radius 3 is 2.65 bits per heavy atom. The van der Waals surface area contributed by atoms with Crippen molar-refractivity contribution in [2.45, 2.75) is 33.6 Å². The van der Waals surface area contributed by atoms with E-state index < -0.39 is 0 Å². The summed E-state index contributed by atoms with van der Waals surface area (Å²) in [5, 5.41) is 11.9. The molecule has 2 aromatic rings.